The van der Waals surface area contributed by atoms with E-state index in [1.165, 1.54) is 54.6 Å². The molecule has 0 radical (unpaired) electrons. The number of rotatable bonds is 6. The summed E-state index contributed by atoms with van der Waals surface area (Å²) in [5.74, 6) is 0. The van der Waals surface area contributed by atoms with Crippen molar-refractivity contribution in [2.75, 3.05) is 0 Å². The second-order valence-electron chi connectivity index (χ2n) is 8.35. The monoisotopic (exact) mass is 377 g/mol. The number of imidazole rings is 1. The average Bonchev–Trinajstić information content (AvgIpc) is 3.35. The normalized spacial score (nSPS) is 16.4. The summed E-state index contributed by atoms with van der Waals surface area (Å²) in [4.78, 5) is 4.12. The Labute approximate surface area is 168 Å². The Bertz CT molecular complexity index is 884. The molecule has 0 aliphatic heterocycles. The van der Waals surface area contributed by atoms with Gasteiger partial charge in [0.2, 0.25) is 0 Å². The summed E-state index contributed by atoms with van der Waals surface area (Å²) in [7, 11) is 0. The maximum Gasteiger partial charge on any atom is 0.109 e. The third-order valence-electron chi connectivity index (χ3n) is 6.44. The Kier molecular flexibility index (Phi) is 5.67. The lowest BCUT2D eigenvalue weighted by atomic mass is 9.95. The van der Waals surface area contributed by atoms with Crippen LogP contribution in [0.1, 0.15) is 73.6 Å². The summed E-state index contributed by atoms with van der Waals surface area (Å²) in [5.41, 5.74) is 6.92. The Hall–Kier alpha value is -2.33. The lowest BCUT2D eigenvalue weighted by Crippen LogP contribution is -2.83. The van der Waals surface area contributed by atoms with Gasteiger partial charge in [0.25, 0.3) is 0 Å². The zero-order chi connectivity index (χ0) is 19.5. The number of quaternary nitrogens is 1. The van der Waals surface area contributed by atoms with E-state index >= 15 is 0 Å². The van der Waals surface area contributed by atoms with E-state index in [2.05, 4.69) is 66.0 Å². The summed E-state index contributed by atoms with van der Waals surface area (Å²) >= 11 is 0. The van der Waals surface area contributed by atoms with Crippen molar-refractivity contribution in [3.8, 4) is 5.69 Å². The summed E-state index contributed by atoms with van der Waals surface area (Å²) in [6, 6.07) is 12.4. The second kappa shape index (κ2) is 8.36. The Morgan fingerprint density at radius 1 is 1.11 bits per heavy atom. The first-order valence-corrected chi connectivity index (χ1v) is 10.7. The minimum atomic E-state index is 0.439. The average molecular weight is 378 g/mol. The molecule has 2 aromatic heterocycles. The van der Waals surface area contributed by atoms with E-state index in [1.807, 2.05) is 23.3 Å². The molecule has 148 valence electrons. The highest BCUT2D eigenvalue weighted by Gasteiger charge is 2.21. The smallest absolute Gasteiger partial charge is 0.109 e. The highest BCUT2D eigenvalue weighted by molar-refractivity contribution is 5.35. The molecule has 28 heavy (non-hydrogen) atoms. The number of aromatic nitrogens is 3. The lowest BCUT2D eigenvalue weighted by Gasteiger charge is -2.26. The molecule has 1 fully saturated rings. The van der Waals surface area contributed by atoms with Gasteiger partial charge in [0, 0.05) is 46.6 Å². The molecule has 1 atom stereocenters. The van der Waals surface area contributed by atoms with Gasteiger partial charge in [-0.3, -0.25) is 0 Å². The van der Waals surface area contributed by atoms with Crippen LogP contribution in [0.4, 0.5) is 0 Å². The molecule has 2 heterocycles. The van der Waals surface area contributed by atoms with Gasteiger partial charge in [0.05, 0.1) is 6.33 Å². The minimum absolute atomic E-state index is 0.439. The Balaban J connectivity index is 1.41. The Morgan fingerprint density at radius 2 is 1.86 bits per heavy atom. The fourth-order valence-electron chi connectivity index (χ4n) is 4.75. The van der Waals surface area contributed by atoms with Crippen LogP contribution < -0.4 is 5.32 Å². The molecule has 1 aromatic carbocycles. The molecule has 0 bridgehead atoms. The van der Waals surface area contributed by atoms with E-state index in [0.29, 0.717) is 6.04 Å². The predicted molar refractivity (Wildman–Crippen MR) is 114 cm³/mol. The zero-order valence-electron chi connectivity index (χ0n) is 17.4. The van der Waals surface area contributed by atoms with Crippen molar-refractivity contribution in [3.63, 3.8) is 0 Å². The van der Waals surface area contributed by atoms with E-state index in [1.54, 1.807) is 0 Å². The quantitative estimate of drug-likeness (QED) is 0.669. The van der Waals surface area contributed by atoms with E-state index in [4.69, 9.17) is 0 Å². The van der Waals surface area contributed by atoms with Crippen LogP contribution in [0.3, 0.4) is 0 Å². The first kappa shape index (κ1) is 19.0. The van der Waals surface area contributed by atoms with Gasteiger partial charge >= 0.3 is 0 Å². The van der Waals surface area contributed by atoms with Crippen molar-refractivity contribution < 1.29 is 5.32 Å². The molecule has 2 N–H and O–H groups in total. The summed E-state index contributed by atoms with van der Waals surface area (Å²) < 4.78 is 4.66. The van der Waals surface area contributed by atoms with Gasteiger partial charge in [-0.05, 0) is 51.8 Å². The number of nitrogens with two attached hydrogens (primary N) is 1. The number of hydrogen-bond donors (Lipinski definition) is 1. The highest BCUT2D eigenvalue weighted by Crippen LogP contribution is 2.32. The summed E-state index contributed by atoms with van der Waals surface area (Å²) in [5, 5.41) is 2.46. The van der Waals surface area contributed by atoms with Crippen LogP contribution in [0.15, 0.2) is 49.1 Å². The van der Waals surface area contributed by atoms with Crippen molar-refractivity contribution in [2.24, 2.45) is 0 Å². The van der Waals surface area contributed by atoms with Crippen LogP contribution in [0.5, 0.6) is 0 Å². The molecule has 4 nitrogen and oxygen atoms in total. The van der Waals surface area contributed by atoms with Gasteiger partial charge in [-0.25, -0.2) is 4.98 Å². The van der Waals surface area contributed by atoms with Gasteiger partial charge in [-0.15, -0.1) is 0 Å². The molecule has 0 amide bonds. The van der Waals surface area contributed by atoms with Crippen molar-refractivity contribution in [1.82, 2.24) is 14.1 Å². The molecule has 3 aromatic rings. The van der Waals surface area contributed by atoms with Gasteiger partial charge in [0.1, 0.15) is 12.6 Å². The fraction of sp³-hybridized carbons (Fsp3) is 0.458. The van der Waals surface area contributed by atoms with Crippen LogP contribution in [0.25, 0.3) is 5.69 Å². The molecular weight excluding hydrogens is 344 g/mol. The van der Waals surface area contributed by atoms with E-state index in [-0.39, 0.29) is 0 Å². The number of aryl methyl sites for hydroxylation is 1. The molecule has 1 aliphatic carbocycles. The van der Waals surface area contributed by atoms with Crippen LogP contribution in [-0.2, 0) is 6.54 Å². The van der Waals surface area contributed by atoms with Crippen LogP contribution in [0, 0.1) is 13.8 Å². The third-order valence-corrected chi connectivity index (χ3v) is 6.44. The number of hydrogen-bond acceptors (Lipinski definition) is 1. The summed E-state index contributed by atoms with van der Waals surface area (Å²) in [6.07, 6.45) is 12.5. The third kappa shape index (κ3) is 3.93. The van der Waals surface area contributed by atoms with Gasteiger partial charge in [-0.2, -0.15) is 0 Å². The lowest BCUT2D eigenvalue weighted by molar-refractivity contribution is -0.708. The number of nitrogens with zero attached hydrogens (tertiary/aromatic N) is 3. The van der Waals surface area contributed by atoms with E-state index < -0.39 is 0 Å². The molecule has 4 rings (SSSR count). The molecule has 1 aliphatic rings. The topological polar surface area (TPSA) is 39.4 Å². The Morgan fingerprint density at radius 3 is 2.54 bits per heavy atom. The maximum absolute atomic E-state index is 4.12. The van der Waals surface area contributed by atoms with E-state index in [9.17, 15) is 0 Å². The molecular formula is C24H33N4+. The fourth-order valence-corrected chi connectivity index (χ4v) is 4.75. The van der Waals surface area contributed by atoms with Gasteiger partial charge < -0.3 is 14.5 Å². The minimum Gasteiger partial charge on any atom is -0.346 e. The first-order valence-electron chi connectivity index (χ1n) is 10.7. The van der Waals surface area contributed by atoms with E-state index in [0.717, 1.165) is 18.3 Å². The maximum atomic E-state index is 4.12. The number of benzene rings is 1. The van der Waals surface area contributed by atoms with Crippen LogP contribution >= 0.6 is 0 Å². The van der Waals surface area contributed by atoms with Crippen molar-refractivity contribution in [1.29, 1.82) is 0 Å². The molecule has 4 heteroatoms. The van der Waals surface area contributed by atoms with Crippen LogP contribution in [-0.4, -0.2) is 14.1 Å². The summed E-state index contributed by atoms with van der Waals surface area (Å²) in [6.45, 7) is 7.93. The molecule has 0 spiro atoms. The highest BCUT2D eigenvalue weighted by atomic mass is 15.0. The first-order chi connectivity index (χ1) is 13.6. The van der Waals surface area contributed by atoms with Crippen molar-refractivity contribution in [2.45, 2.75) is 71.5 Å². The second-order valence-corrected chi connectivity index (χ2v) is 8.35. The van der Waals surface area contributed by atoms with Crippen LogP contribution in [0.2, 0.25) is 0 Å². The van der Waals surface area contributed by atoms with Gasteiger partial charge in [0.15, 0.2) is 0 Å². The molecule has 0 unspecified atom stereocenters. The zero-order valence-corrected chi connectivity index (χ0v) is 17.4. The SMILES string of the molecule is Cc1cc(C[NH2+][C@@H](C)c2ccc(-n3ccnc3)cc2)c(C)n1C1CCCCC1. The predicted octanol–water partition coefficient (Wildman–Crippen LogP) is 4.62. The molecule has 1 saturated carbocycles. The standard InChI is InChI=1S/C24H32N4/c1-18-15-22(20(3)28(18)24-7-5-4-6-8-24)16-26-19(2)21-9-11-23(12-10-21)27-14-13-25-17-27/h9-15,17,19,24,26H,4-8,16H2,1-3H3/p+1/t19-/m0/s1. The largest absolute Gasteiger partial charge is 0.346 e. The molecule has 0 saturated heterocycles. The van der Waals surface area contributed by atoms with Crippen molar-refractivity contribution in [3.05, 3.63) is 71.6 Å². The van der Waals surface area contributed by atoms with Gasteiger partial charge in [-0.1, -0.05) is 31.4 Å². The van der Waals surface area contributed by atoms with Crippen molar-refractivity contribution >= 4 is 0 Å².